The lowest BCUT2D eigenvalue weighted by molar-refractivity contribution is -0.146. The van der Waals surface area contributed by atoms with E-state index in [-0.39, 0.29) is 44.0 Å². The van der Waals surface area contributed by atoms with E-state index < -0.39 is 86.4 Å². The summed E-state index contributed by atoms with van der Waals surface area (Å²) < 4.78 is 52.6. The number of carbonyl (C=O) groups excluding carboxylic acids is 3. The standard InChI is InChI=1S/C40H54FN5O9S/c1-7-25-18-24(2)12-8-10-14-27-21-40(27,36(49)44-56(52,53)39(23-41)16-17-39)43-33(47)30-20-28(22-45(30)35(48)32(25)46(37(50)51)38(3,4)5)55-34-29-15-11-9-13-26(29)19-31(42-34)54-6/h9-11,13-15,19,24-25,27-28,30,32H,7-8,12,16-18,20-23H2,1-6H3,(H,43,47)(H,44,49)(H,50,51)/b14-10-/t24-,25-,27-,28-,30+,32+,40-/m1/s1. The number of ether oxygens (including phenoxy) is 2. The minimum absolute atomic E-state index is 0.0469. The van der Waals surface area contributed by atoms with Crippen molar-refractivity contribution in [2.45, 2.75) is 120 Å². The van der Waals surface area contributed by atoms with Crippen molar-refractivity contribution >= 4 is 44.6 Å². The number of carbonyl (C=O) groups is 4. The van der Waals surface area contributed by atoms with E-state index in [0.717, 1.165) is 5.39 Å². The molecule has 3 fully saturated rings. The van der Waals surface area contributed by atoms with Crippen molar-refractivity contribution in [2.24, 2.45) is 17.8 Å². The van der Waals surface area contributed by atoms with Crippen molar-refractivity contribution in [1.82, 2.24) is 24.8 Å². The molecular formula is C40H54FN5O9S. The molecule has 0 spiro atoms. The molecule has 16 heteroatoms. The van der Waals surface area contributed by atoms with Crippen LogP contribution in [0.1, 0.15) is 86.0 Å². The fourth-order valence-corrected chi connectivity index (χ4v) is 9.83. The second-order valence-electron chi connectivity index (χ2n) is 17.0. The monoisotopic (exact) mass is 799 g/mol. The average Bonchev–Trinajstić information content (AvgIpc) is 4.05. The molecule has 2 aliphatic carbocycles. The Labute approximate surface area is 327 Å². The van der Waals surface area contributed by atoms with E-state index in [1.165, 1.54) is 16.9 Å². The number of rotatable bonds is 9. The number of allylic oxidation sites excluding steroid dienone is 1. The first-order valence-electron chi connectivity index (χ1n) is 19.4. The van der Waals surface area contributed by atoms with E-state index >= 15 is 4.79 Å². The van der Waals surface area contributed by atoms with Crippen LogP contribution in [-0.2, 0) is 24.4 Å². The predicted octanol–water partition coefficient (Wildman–Crippen LogP) is 4.96. The maximum atomic E-state index is 15.2. The highest BCUT2D eigenvalue weighted by atomic mass is 32.2. The number of benzene rings is 1. The van der Waals surface area contributed by atoms with Gasteiger partial charge in [-0.2, -0.15) is 4.98 Å². The van der Waals surface area contributed by atoms with Crippen molar-refractivity contribution < 1.29 is 46.6 Å². The van der Waals surface area contributed by atoms with Crippen LogP contribution < -0.4 is 19.5 Å². The molecule has 1 aromatic heterocycles. The van der Waals surface area contributed by atoms with E-state index in [1.54, 1.807) is 32.9 Å². The molecule has 2 aromatic rings. The molecular weight excluding hydrogens is 746 g/mol. The van der Waals surface area contributed by atoms with Crippen LogP contribution in [0.5, 0.6) is 11.8 Å². The molecule has 14 nitrogen and oxygen atoms in total. The first kappa shape index (κ1) is 41.2. The highest BCUT2D eigenvalue weighted by Crippen LogP contribution is 2.48. The number of hydrogen-bond acceptors (Lipinski definition) is 9. The Bertz CT molecular complexity index is 2000. The quantitative estimate of drug-likeness (QED) is 0.293. The topological polar surface area (TPSA) is 185 Å². The Morgan fingerprint density at radius 3 is 2.52 bits per heavy atom. The number of nitrogens with zero attached hydrogens (tertiary/aromatic N) is 3. The fraction of sp³-hybridized carbons (Fsp3) is 0.625. The van der Waals surface area contributed by atoms with E-state index in [2.05, 4.69) is 21.9 Å². The maximum absolute atomic E-state index is 15.2. The van der Waals surface area contributed by atoms with Crippen molar-refractivity contribution in [3.8, 4) is 11.8 Å². The highest BCUT2D eigenvalue weighted by Gasteiger charge is 2.64. The van der Waals surface area contributed by atoms with Gasteiger partial charge in [-0.25, -0.2) is 17.6 Å². The molecule has 0 radical (unpaired) electrons. The second-order valence-corrected chi connectivity index (χ2v) is 19.1. The van der Waals surface area contributed by atoms with Gasteiger partial charge in [-0.1, -0.05) is 50.6 Å². The molecule has 1 aromatic carbocycles. The Morgan fingerprint density at radius 1 is 1.18 bits per heavy atom. The molecule has 306 valence electrons. The van der Waals surface area contributed by atoms with Gasteiger partial charge in [0, 0.05) is 29.3 Å². The zero-order valence-corrected chi connectivity index (χ0v) is 33.7. The zero-order valence-electron chi connectivity index (χ0n) is 32.9. The van der Waals surface area contributed by atoms with Crippen LogP contribution in [0.4, 0.5) is 9.18 Å². The maximum Gasteiger partial charge on any atom is 0.408 e. The molecule has 6 rings (SSSR count). The van der Waals surface area contributed by atoms with Crippen molar-refractivity contribution in [3.05, 3.63) is 42.5 Å². The zero-order chi connectivity index (χ0) is 40.8. The minimum atomic E-state index is -4.40. The molecule has 56 heavy (non-hydrogen) atoms. The predicted molar refractivity (Wildman–Crippen MR) is 206 cm³/mol. The molecule has 0 unspecified atom stereocenters. The Morgan fingerprint density at radius 2 is 1.89 bits per heavy atom. The van der Waals surface area contributed by atoms with Crippen LogP contribution in [0.25, 0.3) is 10.8 Å². The van der Waals surface area contributed by atoms with Crippen LogP contribution in [0.15, 0.2) is 42.5 Å². The van der Waals surface area contributed by atoms with Crippen LogP contribution in [0, 0.1) is 17.8 Å². The number of sulfonamides is 1. The third-order valence-corrected chi connectivity index (χ3v) is 14.1. The first-order valence-corrected chi connectivity index (χ1v) is 20.9. The third-order valence-electron chi connectivity index (χ3n) is 12.0. The Kier molecular flexibility index (Phi) is 11.4. The number of nitrogens with one attached hydrogen (secondary N) is 2. The van der Waals surface area contributed by atoms with Crippen molar-refractivity contribution in [1.29, 1.82) is 0 Å². The van der Waals surface area contributed by atoms with Gasteiger partial charge in [-0.3, -0.25) is 24.0 Å². The van der Waals surface area contributed by atoms with Gasteiger partial charge in [0.15, 0.2) is 0 Å². The van der Waals surface area contributed by atoms with Crippen LogP contribution >= 0.6 is 0 Å². The lowest BCUT2D eigenvalue weighted by Gasteiger charge is -2.44. The van der Waals surface area contributed by atoms with Gasteiger partial charge in [0.05, 0.1) is 13.7 Å². The highest BCUT2D eigenvalue weighted by molar-refractivity contribution is 7.91. The van der Waals surface area contributed by atoms with Crippen LogP contribution in [-0.4, -0.2) is 106 Å². The smallest absolute Gasteiger partial charge is 0.408 e. The molecule has 0 bridgehead atoms. The largest absolute Gasteiger partial charge is 0.481 e. The summed E-state index contributed by atoms with van der Waals surface area (Å²) in [4.78, 5) is 63.9. The summed E-state index contributed by atoms with van der Waals surface area (Å²) in [6.45, 7) is 7.90. The third kappa shape index (κ3) is 7.90. The van der Waals surface area contributed by atoms with Crippen LogP contribution in [0.3, 0.4) is 0 Å². The molecule has 4 aliphatic rings. The van der Waals surface area contributed by atoms with Crippen LogP contribution in [0.2, 0.25) is 0 Å². The lowest BCUT2D eigenvalue weighted by atomic mass is 9.82. The normalized spacial score (nSPS) is 29.8. The summed E-state index contributed by atoms with van der Waals surface area (Å²) in [5.74, 6) is -2.66. The number of aromatic nitrogens is 1. The SMILES string of the molecule is CC[C@@H]1C[C@H](C)CC/C=C\[C@@H]2C[C@@]2(C(=O)NS(=O)(=O)C2(CF)CC2)NC(=O)[C@@H]2C[C@@H](Oc3nc(OC)cc4ccccc34)CN2C(=O)[C@H]1N(C(=O)O)C(C)(C)C. The summed E-state index contributed by atoms with van der Waals surface area (Å²) in [6.07, 6.45) is 4.15. The summed E-state index contributed by atoms with van der Waals surface area (Å²) in [6, 6.07) is 6.72. The minimum Gasteiger partial charge on any atom is -0.481 e. The number of fused-ring (bicyclic) bond motifs is 3. The van der Waals surface area contributed by atoms with Gasteiger partial charge in [0.1, 0.15) is 35.1 Å². The van der Waals surface area contributed by atoms with Gasteiger partial charge in [0.25, 0.3) is 5.91 Å². The lowest BCUT2D eigenvalue weighted by Crippen LogP contribution is -2.62. The summed E-state index contributed by atoms with van der Waals surface area (Å²) in [7, 11) is -2.93. The fourth-order valence-electron chi connectivity index (χ4n) is 8.40. The molecule has 1 saturated heterocycles. The number of hydrogen-bond donors (Lipinski definition) is 3. The summed E-state index contributed by atoms with van der Waals surface area (Å²) >= 11 is 0. The van der Waals surface area contributed by atoms with E-state index in [0.29, 0.717) is 36.9 Å². The summed E-state index contributed by atoms with van der Waals surface area (Å²) in [5, 5.41) is 15.0. The second kappa shape index (κ2) is 15.5. The number of halogens is 1. The number of pyridine rings is 1. The van der Waals surface area contributed by atoms with Crippen molar-refractivity contribution in [2.75, 3.05) is 20.3 Å². The van der Waals surface area contributed by atoms with Crippen molar-refractivity contribution in [3.63, 3.8) is 0 Å². The molecule has 4 amide bonds. The number of methoxy groups -OCH3 is 1. The molecule has 2 aliphatic heterocycles. The van der Waals surface area contributed by atoms with Gasteiger partial charge in [0.2, 0.25) is 33.6 Å². The van der Waals surface area contributed by atoms with E-state index in [4.69, 9.17) is 9.47 Å². The van der Waals surface area contributed by atoms with Gasteiger partial charge in [-0.05, 0) is 82.6 Å². The number of alkyl halides is 1. The molecule has 2 saturated carbocycles. The van der Waals surface area contributed by atoms with E-state index in [9.17, 15) is 32.3 Å². The Hall–Kier alpha value is -4.47. The molecule has 3 N–H and O–H groups in total. The Balaban J connectivity index is 1.42. The van der Waals surface area contributed by atoms with Gasteiger partial charge < -0.3 is 24.8 Å². The number of carboxylic acid groups (broad SMARTS) is 1. The van der Waals surface area contributed by atoms with E-state index in [1.807, 2.05) is 37.3 Å². The molecule has 7 atom stereocenters. The molecule has 3 heterocycles. The first-order chi connectivity index (χ1) is 26.4. The average molecular weight is 800 g/mol. The number of amides is 4. The van der Waals surface area contributed by atoms with Gasteiger partial charge in [-0.15, -0.1) is 0 Å². The summed E-state index contributed by atoms with van der Waals surface area (Å²) in [5.41, 5.74) is -2.68. The van der Waals surface area contributed by atoms with Gasteiger partial charge >= 0.3 is 6.09 Å².